The number of hydrogen-bond donors (Lipinski definition) is 2. The van der Waals surface area contributed by atoms with Gasteiger partial charge in [0.05, 0.1) is 4.92 Å². The first-order valence-corrected chi connectivity index (χ1v) is 6.21. The molecule has 1 rings (SSSR count). The Morgan fingerprint density at radius 2 is 2.11 bits per heavy atom. The number of nitrogens with one attached hydrogen (secondary N) is 2. The molecular formula is C12H21N5O2. The van der Waals surface area contributed by atoms with E-state index in [-0.39, 0.29) is 16.9 Å². The second-order valence-corrected chi connectivity index (χ2v) is 5.43. The fraction of sp³-hybridized carbons (Fsp3) is 0.667. The van der Waals surface area contributed by atoms with Crippen LogP contribution in [0.4, 0.5) is 17.5 Å². The summed E-state index contributed by atoms with van der Waals surface area (Å²) in [6.07, 6.45) is 1.21. The highest BCUT2D eigenvalue weighted by Crippen LogP contribution is 2.28. The summed E-state index contributed by atoms with van der Waals surface area (Å²) in [6, 6.07) is 0. The zero-order chi connectivity index (χ0) is 14.6. The molecule has 0 unspecified atom stereocenters. The van der Waals surface area contributed by atoms with Gasteiger partial charge in [-0.05, 0) is 11.3 Å². The number of aromatic nitrogens is 2. The van der Waals surface area contributed by atoms with Crippen molar-refractivity contribution in [3.63, 3.8) is 0 Å². The van der Waals surface area contributed by atoms with E-state index in [9.17, 15) is 10.1 Å². The Hall–Kier alpha value is -1.92. The van der Waals surface area contributed by atoms with Gasteiger partial charge in [0.1, 0.15) is 6.20 Å². The number of hydrogen-bond acceptors (Lipinski definition) is 6. The Morgan fingerprint density at radius 1 is 1.47 bits per heavy atom. The Balaban J connectivity index is 2.95. The lowest BCUT2D eigenvalue weighted by molar-refractivity contribution is -0.384. The second-order valence-electron chi connectivity index (χ2n) is 5.43. The zero-order valence-corrected chi connectivity index (χ0v) is 12.0. The van der Waals surface area contributed by atoms with E-state index in [1.165, 1.54) is 6.20 Å². The topological polar surface area (TPSA) is 93.0 Å². The summed E-state index contributed by atoms with van der Waals surface area (Å²) in [6.45, 7) is 9.06. The van der Waals surface area contributed by atoms with Crippen LogP contribution in [0.3, 0.4) is 0 Å². The van der Waals surface area contributed by atoms with Crippen molar-refractivity contribution >= 4 is 17.5 Å². The van der Waals surface area contributed by atoms with E-state index in [4.69, 9.17) is 0 Å². The minimum atomic E-state index is -0.482. The predicted octanol–water partition coefficient (Wildman–Crippen LogP) is 2.52. The lowest BCUT2D eigenvalue weighted by Gasteiger charge is -2.29. The van der Waals surface area contributed by atoms with Crippen molar-refractivity contribution in [2.75, 3.05) is 24.2 Å². The summed E-state index contributed by atoms with van der Waals surface area (Å²) in [5.41, 5.74) is -0.0999. The first-order valence-electron chi connectivity index (χ1n) is 6.21. The fourth-order valence-corrected chi connectivity index (χ4v) is 1.28. The van der Waals surface area contributed by atoms with Gasteiger partial charge in [-0.1, -0.05) is 27.7 Å². The van der Waals surface area contributed by atoms with Crippen LogP contribution in [0, 0.1) is 21.4 Å². The molecule has 1 heterocycles. The van der Waals surface area contributed by atoms with Crippen LogP contribution >= 0.6 is 0 Å². The van der Waals surface area contributed by atoms with Crippen molar-refractivity contribution < 1.29 is 4.92 Å². The Labute approximate surface area is 113 Å². The second kappa shape index (κ2) is 5.81. The first-order chi connectivity index (χ1) is 8.77. The van der Waals surface area contributed by atoms with Crippen molar-refractivity contribution in [2.24, 2.45) is 11.3 Å². The van der Waals surface area contributed by atoms with Crippen molar-refractivity contribution in [1.82, 2.24) is 9.97 Å². The molecule has 0 atom stereocenters. The number of rotatable bonds is 6. The van der Waals surface area contributed by atoms with Gasteiger partial charge in [-0.25, -0.2) is 4.98 Å². The molecule has 0 spiro atoms. The van der Waals surface area contributed by atoms with Gasteiger partial charge < -0.3 is 10.6 Å². The van der Waals surface area contributed by atoms with E-state index < -0.39 is 4.92 Å². The molecule has 0 radical (unpaired) electrons. The van der Waals surface area contributed by atoms with E-state index in [0.29, 0.717) is 18.4 Å². The molecule has 0 fully saturated rings. The Morgan fingerprint density at radius 3 is 2.58 bits per heavy atom. The van der Waals surface area contributed by atoms with Crippen LogP contribution in [-0.2, 0) is 0 Å². The van der Waals surface area contributed by atoms with Crippen LogP contribution in [0.2, 0.25) is 0 Å². The minimum absolute atomic E-state index is 0.0125. The summed E-state index contributed by atoms with van der Waals surface area (Å²) in [7, 11) is 1.67. The van der Waals surface area contributed by atoms with E-state index >= 15 is 0 Å². The summed E-state index contributed by atoms with van der Waals surface area (Å²) in [4.78, 5) is 18.4. The lowest BCUT2D eigenvalue weighted by atomic mass is 9.81. The normalized spacial score (nSPS) is 11.5. The van der Waals surface area contributed by atoms with Gasteiger partial charge in [0.2, 0.25) is 11.8 Å². The Kier molecular flexibility index (Phi) is 4.63. The van der Waals surface area contributed by atoms with E-state index in [0.717, 1.165) is 0 Å². The van der Waals surface area contributed by atoms with Crippen molar-refractivity contribution in [2.45, 2.75) is 27.7 Å². The van der Waals surface area contributed by atoms with Gasteiger partial charge in [0.15, 0.2) is 0 Å². The number of anilines is 2. The van der Waals surface area contributed by atoms with E-state index in [1.807, 2.05) is 0 Å². The highest BCUT2D eigenvalue weighted by molar-refractivity contribution is 5.56. The van der Waals surface area contributed by atoms with Crippen molar-refractivity contribution in [3.8, 4) is 0 Å². The molecule has 0 aliphatic carbocycles. The number of nitro groups is 1. The van der Waals surface area contributed by atoms with Gasteiger partial charge >= 0.3 is 5.69 Å². The lowest BCUT2D eigenvalue weighted by Crippen LogP contribution is -2.29. The molecule has 0 aliphatic rings. The minimum Gasteiger partial charge on any atom is -0.364 e. The molecule has 0 saturated heterocycles. The molecule has 2 N–H and O–H groups in total. The maximum Gasteiger partial charge on any atom is 0.329 e. The van der Waals surface area contributed by atoms with E-state index in [1.54, 1.807) is 7.05 Å². The third-order valence-corrected chi connectivity index (χ3v) is 3.46. The highest BCUT2D eigenvalue weighted by atomic mass is 16.6. The van der Waals surface area contributed by atoms with Crippen LogP contribution in [-0.4, -0.2) is 28.5 Å². The van der Waals surface area contributed by atoms with Crippen molar-refractivity contribution in [1.29, 1.82) is 0 Å². The molecule has 106 valence electrons. The molecule has 0 saturated carbocycles. The van der Waals surface area contributed by atoms with Gasteiger partial charge in [0.25, 0.3) is 0 Å². The standard InChI is InChI=1S/C12H21N5O2/c1-8(2)12(3,4)7-15-10-9(17(18)19)6-14-11(13-5)16-10/h6,8H,7H2,1-5H3,(H2,13,14,15,16). The van der Waals surface area contributed by atoms with Crippen LogP contribution in [0.5, 0.6) is 0 Å². The summed E-state index contributed by atoms with van der Waals surface area (Å²) < 4.78 is 0. The maximum atomic E-state index is 10.9. The monoisotopic (exact) mass is 267 g/mol. The quantitative estimate of drug-likeness (QED) is 0.607. The predicted molar refractivity (Wildman–Crippen MR) is 75.3 cm³/mol. The first kappa shape index (κ1) is 15.1. The molecule has 7 nitrogen and oxygen atoms in total. The smallest absolute Gasteiger partial charge is 0.329 e. The zero-order valence-electron chi connectivity index (χ0n) is 12.0. The van der Waals surface area contributed by atoms with Gasteiger partial charge in [-0.15, -0.1) is 0 Å². The molecule has 1 aromatic heterocycles. The van der Waals surface area contributed by atoms with Crippen LogP contribution in [0.25, 0.3) is 0 Å². The molecule has 7 heteroatoms. The van der Waals surface area contributed by atoms with Crippen LogP contribution < -0.4 is 10.6 Å². The summed E-state index contributed by atoms with van der Waals surface area (Å²) in [5, 5.41) is 16.8. The van der Waals surface area contributed by atoms with Gasteiger partial charge in [-0.3, -0.25) is 10.1 Å². The molecular weight excluding hydrogens is 246 g/mol. The molecule has 0 aromatic carbocycles. The average Bonchev–Trinajstić information content (AvgIpc) is 2.35. The summed E-state index contributed by atoms with van der Waals surface area (Å²) >= 11 is 0. The van der Waals surface area contributed by atoms with E-state index in [2.05, 4.69) is 48.3 Å². The molecule has 1 aromatic rings. The molecule has 0 bridgehead atoms. The molecule has 0 amide bonds. The molecule has 0 aliphatic heterocycles. The third kappa shape index (κ3) is 3.77. The van der Waals surface area contributed by atoms with Crippen molar-refractivity contribution in [3.05, 3.63) is 16.3 Å². The average molecular weight is 267 g/mol. The largest absolute Gasteiger partial charge is 0.364 e. The maximum absolute atomic E-state index is 10.9. The highest BCUT2D eigenvalue weighted by Gasteiger charge is 2.24. The van der Waals surface area contributed by atoms with Gasteiger partial charge in [0, 0.05) is 13.6 Å². The molecule has 19 heavy (non-hydrogen) atoms. The number of nitrogens with zero attached hydrogens (tertiary/aromatic N) is 3. The van der Waals surface area contributed by atoms with Crippen LogP contribution in [0.1, 0.15) is 27.7 Å². The Bertz CT molecular complexity index is 459. The van der Waals surface area contributed by atoms with Gasteiger partial charge in [-0.2, -0.15) is 4.98 Å². The third-order valence-electron chi connectivity index (χ3n) is 3.46. The van der Waals surface area contributed by atoms with Crippen LogP contribution in [0.15, 0.2) is 6.20 Å². The SMILES string of the molecule is CNc1ncc([N+](=O)[O-])c(NCC(C)(C)C(C)C)n1. The fourth-order valence-electron chi connectivity index (χ4n) is 1.28. The summed E-state index contributed by atoms with van der Waals surface area (Å²) in [5.74, 6) is 1.05.